The molecule has 2 aromatic rings. The average molecular weight is 371 g/mol. The van der Waals surface area contributed by atoms with Gasteiger partial charge in [0.25, 0.3) is 0 Å². The maximum absolute atomic E-state index is 12.4. The summed E-state index contributed by atoms with van der Waals surface area (Å²) in [5.41, 5.74) is 2.37. The van der Waals surface area contributed by atoms with Gasteiger partial charge in [-0.15, -0.1) is 0 Å². The summed E-state index contributed by atoms with van der Waals surface area (Å²) < 4.78 is 0. The largest absolute Gasteiger partial charge is 0.385 e. The fourth-order valence-corrected chi connectivity index (χ4v) is 3.70. The first-order valence-electron chi connectivity index (χ1n) is 9.52. The van der Waals surface area contributed by atoms with Crippen molar-refractivity contribution in [2.75, 3.05) is 18.4 Å². The van der Waals surface area contributed by atoms with E-state index in [4.69, 9.17) is 11.6 Å². The molecule has 0 bridgehead atoms. The van der Waals surface area contributed by atoms with Crippen molar-refractivity contribution in [2.24, 2.45) is 11.8 Å². The Morgan fingerprint density at radius 2 is 1.65 bits per heavy atom. The highest BCUT2D eigenvalue weighted by Crippen LogP contribution is 2.29. The quantitative estimate of drug-likeness (QED) is 0.726. The Balaban J connectivity index is 1.33. The van der Waals surface area contributed by atoms with Crippen LogP contribution in [-0.4, -0.2) is 19.0 Å². The molecule has 138 valence electrons. The van der Waals surface area contributed by atoms with Crippen LogP contribution in [0.25, 0.3) is 0 Å². The first kappa shape index (κ1) is 18.8. The minimum atomic E-state index is 0.178. The molecule has 0 aliphatic heterocycles. The summed E-state index contributed by atoms with van der Waals surface area (Å²) in [6.07, 6.45) is 5.09. The van der Waals surface area contributed by atoms with Crippen LogP contribution in [0.1, 0.15) is 31.2 Å². The van der Waals surface area contributed by atoms with E-state index in [-0.39, 0.29) is 11.8 Å². The molecule has 0 heterocycles. The van der Waals surface area contributed by atoms with Gasteiger partial charge in [0.15, 0.2) is 0 Å². The molecule has 0 saturated heterocycles. The third-order valence-electron chi connectivity index (χ3n) is 5.21. The lowest BCUT2D eigenvalue weighted by Gasteiger charge is -2.28. The van der Waals surface area contributed by atoms with Crippen molar-refractivity contribution >= 4 is 23.2 Å². The Morgan fingerprint density at radius 1 is 0.962 bits per heavy atom. The van der Waals surface area contributed by atoms with Crippen LogP contribution in [0, 0.1) is 11.8 Å². The summed E-state index contributed by atoms with van der Waals surface area (Å²) >= 11 is 5.91. The summed E-state index contributed by atoms with van der Waals surface area (Å²) in [5.74, 6) is 1.04. The lowest BCUT2D eigenvalue weighted by Crippen LogP contribution is -2.35. The van der Waals surface area contributed by atoms with Crippen molar-refractivity contribution in [3.05, 3.63) is 65.2 Å². The zero-order valence-electron chi connectivity index (χ0n) is 15.1. The molecule has 1 aliphatic rings. The van der Waals surface area contributed by atoms with E-state index in [0.717, 1.165) is 55.9 Å². The highest BCUT2D eigenvalue weighted by atomic mass is 35.5. The van der Waals surface area contributed by atoms with Crippen molar-refractivity contribution in [1.82, 2.24) is 5.32 Å². The molecule has 3 nitrogen and oxygen atoms in total. The Labute approximate surface area is 161 Å². The summed E-state index contributed by atoms with van der Waals surface area (Å²) in [6, 6.07) is 18.1. The van der Waals surface area contributed by atoms with Gasteiger partial charge in [-0.3, -0.25) is 4.79 Å². The molecule has 1 saturated carbocycles. The molecule has 26 heavy (non-hydrogen) atoms. The number of anilines is 1. The van der Waals surface area contributed by atoms with E-state index in [2.05, 4.69) is 22.8 Å². The molecule has 0 spiro atoms. The molecule has 4 heteroatoms. The number of nitrogens with one attached hydrogen (secondary N) is 2. The molecule has 2 aromatic carbocycles. The normalized spacial score (nSPS) is 19.7. The van der Waals surface area contributed by atoms with Gasteiger partial charge in [0.2, 0.25) is 5.91 Å². The van der Waals surface area contributed by atoms with Crippen molar-refractivity contribution in [1.29, 1.82) is 0 Å². The highest BCUT2D eigenvalue weighted by molar-refractivity contribution is 6.30. The van der Waals surface area contributed by atoms with Crippen molar-refractivity contribution < 1.29 is 4.79 Å². The minimum absolute atomic E-state index is 0.178. The number of amides is 1. The maximum Gasteiger partial charge on any atom is 0.223 e. The van der Waals surface area contributed by atoms with Crippen LogP contribution < -0.4 is 10.6 Å². The Hall–Kier alpha value is -2.00. The second kappa shape index (κ2) is 9.63. The van der Waals surface area contributed by atoms with Crippen molar-refractivity contribution in [2.45, 2.75) is 32.1 Å². The first-order chi connectivity index (χ1) is 12.7. The van der Waals surface area contributed by atoms with Crippen molar-refractivity contribution in [3.63, 3.8) is 0 Å². The highest BCUT2D eigenvalue weighted by Gasteiger charge is 2.25. The summed E-state index contributed by atoms with van der Waals surface area (Å²) in [4.78, 5) is 12.4. The third-order valence-corrected chi connectivity index (χ3v) is 5.46. The SMILES string of the molecule is O=C(NCCc1ccccc1)C1CCC(CNc2ccc(Cl)cc2)CC1. The molecule has 0 atom stereocenters. The Kier molecular flexibility index (Phi) is 6.96. The molecular weight excluding hydrogens is 344 g/mol. The Bertz CT molecular complexity index is 679. The fourth-order valence-electron chi connectivity index (χ4n) is 3.58. The molecule has 0 unspecified atom stereocenters. The van der Waals surface area contributed by atoms with Gasteiger partial charge in [0.1, 0.15) is 0 Å². The van der Waals surface area contributed by atoms with E-state index < -0.39 is 0 Å². The van der Waals surface area contributed by atoms with Gasteiger partial charge in [-0.25, -0.2) is 0 Å². The molecule has 3 rings (SSSR count). The standard InChI is InChI=1S/C22H27ClN2O/c23-20-10-12-21(13-11-20)25-16-18-6-8-19(9-7-18)22(26)24-15-14-17-4-2-1-3-5-17/h1-5,10-13,18-19,25H,6-9,14-16H2,(H,24,26). The van der Waals surface area contributed by atoms with E-state index in [1.165, 1.54) is 5.56 Å². The smallest absolute Gasteiger partial charge is 0.223 e. The van der Waals surface area contributed by atoms with Crippen LogP contribution in [0.4, 0.5) is 5.69 Å². The van der Waals surface area contributed by atoms with E-state index in [1.54, 1.807) is 0 Å². The van der Waals surface area contributed by atoms with E-state index in [9.17, 15) is 4.79 Å². The number of carbonyl (C=O) groups is 1. The van der Waals surface area contributed by atoms with Crippen molar-refractivity contribution in [3.8, 4) is 0 Å². The summed E-state index contributed by atoms with van der Waals surface area (Å²) in [5, 5.41) is 7.35. The molecule has 1 amide bonds. The first-order valence-corrected chi connectivity index (χ1v) is 9.89. The van der Waals surface area contributed by atoms with Gasteiger partial charge < -0.3 is 10.6 Å². The number of carbonyl (C=O) groups excluding carboxylic acids is 1. The molecule has 0 radical (unpaired) electrons. The summed E-state index contributed by atoms with van der Waals surface area (Å²) in [7, 11) is 0. The van der Waals surface area contributed by atoms with Gasteiger partial charge in [-0.05, 0) is 67.9 Å². The van der Waals surface area contributed by atoms with E-state index >= 15 is 0 Å². The monoisotopic (exact) mass is 370 g/mol. The van der Waals surface area contributed by atoms with Gasteiger partial charge in [-0.1, -0.05) is 41.9 Å². The predicted molar refractivity (Wildman–Crippen MR) is 109 cm³/mol. The second-order valence-corrected chi connectivity index (χ2v) is 7.57. The molecule has 1 fully saturated rings. The number of halogens is 1. The van der Waals surface area contributed by atoms with E-state index in [1.807, 2.05) is 42.5 Å². The van der Waals surface area contributed by atoms with Crippen LogP contribution >= 0.6 is 11.6 Å². The lowest BCUT2D eigenvalue weighted by molar-refractivity contribution is -0.126. The molecular formula is C22H27ClN2O. The topological polar surface area (TPSA) is 41.1 Å². The Morgan fingerprint density at radius 3 is 2.35 bits per heavy atom. The van der Waals surface area contributed by atoms with E-state index in [0.29, 0.717) is 5.92 Å². The van der Waals surface area contributed by atoms with Crippen LogP contribution in [0.3, 0.4) is 0 Å². The predicted octanol–water partition coefficient (Wildman–Crippen LogP) is 4.92. The van der Waals surface area contributed by atoms with Crippen LogP contribution in [0.15, 0.2) is 54.6 Å². The maximum atomic E-state index is 12.4. The zero-order chi connectivity index (χ0) is 18.2. The van der Waals surface area contributed by atoms with Gasteiger partial charge in [0.05, 0.1) is 0 Å². The summed E-state index contributed by atoms with van der Waals surface area (Å²) in [6.45, 7) is 1.69. The molecule has 0 aromatic heterocycles. The third kappa shape index (κ3) is 5.77. The number of hydrogen-bond acceptors (Lipinski definition) is 2. The average Bonchev–Trinajstić information content (AvgIpc) is 2.69. The molecule has 2 N–H and O–H groups in total. The number of benzene rings is 2. The van der Waals surface area contributed by atoms with Crippen LogP contribution in [0.2, 0.25) is 5.02 Å². The second-order valence-electron chi connectivity index (χ2n) is 7.13. The van der Waals surface area contributed by atoms with Crippen LogP contribution in [0.5, 0.6) is 0 Å². The minimum Gasteiger partial charge on any atom is -0.385 e. The molecule has 1 aliphatic carbocycles. The van der Waals surface area contributed by atoms with Gasteiger partial charge in [0, 0.05) is 29.7 Å². The van der Waals surface area contributed by atoms with Crippen LogP contribution in [-0.2, 0) is 11.2 Å². The number of rotatable bonds is 7. The lowest BCUT2D eigenvalue weighted by atomic mass is 9.81. The van der Waals surface area contributed by atoms with Gasteiger partial charge >= 0.3 is 0 Å². The van der Waals surface area contributed by atoms with Gasteiger partial charge in [-0.2, -0.15) is 0 Å². The fraction of sp³-hybridized carbons (Fsp3) is 0.409. The zero-order valence-corrected chi connectivity index (χ0v) is 15.8. The number of hydrogen-bond donors (Lipinski definition) is 2.